The van der Waals surface area contributed by atoms with E-state index in [2.05, 4.69) is 0 Å². The zero-order valence-corrected chi connectivity index (χ0v) is 12.2. The molecule has 2 aromatic carbocycles. The van der Waals surface area contributed by atoms with Gasteiger partial charge in [-0.15, -0.1) is 11.3 Å². The second kappa shape index (κ2) is 4.78. The van der Waals surface area contributed by atoms with Crippen LogP contribution >= 0.6 is 11.3 Å². The van der Waals surface area contributed by atoms with E-state index in [1.54, 1.807) is 29.5 Å². The normalized spacial score (nSPS) is 13.6. The molecule has 0 saturated carbocycles. The number of hydrogen-bond acceptors (Lipinski definition) is 2. The Hall–Kier alpha value is -2.00. The number of halogens is 1. The van der Waals surface area contributed by atoms with Gasteiger partial charge in [0.05, 0.1) is 4.88 Å². The highest BCUT2D eigenvalue weighted by molar-refractivity contribution is 7.14. The molecule has 0 fully saturated rings. The molecule has 1 nitrogen and oxygen atoms in total. The summed E-state index contributed by atoms with van der Waals surface area (Å²) in [6.07, 6.45) is 3.34. The van der Waals surface area contributed by atoms with E-state index in [4.69, 9.17) is 0 Å². The van der Waals surface area contributed by atoms with Gasteiger partial charge in [0.1, 0.15) is 5.82 Å². The summed E-state index contributed by atoms with van der Waals surface area (Å²) in [5.41, 5.74) is 1.90. The monoisotopic (exact) mass is 296 g/mol. The highest BCUT2D eigenvalue weighted by Crippen LogP contribution is 2.33. The fourth-order valence-electron chi connectivity index (χ4n) is 3.03. The minimum atomic E-state index is -0.282. The van der Waals surface area contributed by atoms with Crippen LogP contribution in [0.25, 0.3) is 10.8 Å². The second-order valence-corrected chi connectivity index (χ2v) is 6.52. The van der Waals surface area contributed by atoms with Crippen LogP contribution in [0.15, 0.2) is 42.5 Å². The number of aryl methyl sites for hydroxylation is 2. The van der Waals surface area contributed by atoms with Gasteiger partial charge < -0.3 is 0 Å². The maximum Gasteiger partial charge on any atom is 0.203 e. The van der Waals surface area contributed by atoms with Gasteiger partial charge in [0.2, 0.25) is 5.78 Å². The number of fused-ring (bicyclic) bond motifs is 2. The van der Waals surface area contributed by atoms with E-state index in [0.717, 1.165) is 17.7 Å². The molecule has 0 atom stereocenters. The summed E-state index contributed by atoms with van der Waals surface area (Å²) in [5, 5.41) is 1.20. The number of thiophene rings is 1. The van der Waals surface area contributed by atoms with Crippen molar-refractivity contribution in [1.82, 2.24) is 0 Å². The third-order valence-electron chi connectivity index (χ3n) is 4.09. The third kappa shape index (κ3) is 2.00. The summed E-state index contributed by atoms with van der Waals surface area (Å²) >= 11 is 1.59. The zero-order chi connectivity index (χ0) is 14.4. The van der Waals surface area contributed by atoms with E-state index in [1.165, 1.54) is 22.9 Å². The molecule has 0 N–H and O–H groups in total. The van der Waals surface area contributed by atoms with Crippen LogP contribution in [0.2, 0.25) is 0 Å². The molecule has 3 aromatic rings. The molecule has 1 heterocycles. The van der Waals surface area contributed by atoms with E-state index in [1.807, 2.05) is 18.2 Å². The topological polar surface area (TPSA) is 17.1 Å². The summed E-state index contributed by atoms with van der Waals surface area (Å²) in [4.78, 5) is 14.9. The summed E-state index contributed by atoms with van der Waals surface area (Å²) in [6, 6.07) is 12.2. The molecule has 0 radical (unpaired) electrons. The van der Waals surface area contributed by atoms with E-state index in [0.29, 0.717) is 16.3 Å². The van der Waals surface area contributed by atoms with Crippen molar-refractivity contribution in [3.05, 3.63) is 69.2 Å². The highest BCUT2D eigenvalue weighted by Gasteiger charge is 2.21. The number of carbonyl (C=O) groups excluding carboxylic acids is 1. The Balaban J connectivity index is 1.86. The van der Waals surface area contributed by atoms with E-state index < -0.39 is 0 Å². The Bertz CT molecular complexity index is 841. The Morgan fingerprint density at radius 1 is 1.05 bits per heavy atom. The summed E-state index contributed by atoms with van der Waals surface area (Å²) in [7, 11) is 0. The van der Waals surface area contributed by atoms with Crippen LogP contribution in [0.1, 0.15) is 32.1 Å². The van der Waals surface area contributed by atoms with Crippen molar-refractivity contribution >= 4 is 27.9 Å². The zero-order valence-electron chi connectivity index (χ0n) is 11.4. The third-order valence-corrected chi connectivity index (χ3v) is 5.32. The van der Waals surface area contributed by atoms with Gasteiger partial charge in [-0.1, -0.05) is 24.3 Å². The Kier molecular flexibility index (Phi) is 2.89. The lowest BCUT2D eigenvalue weighted by Crippen LogP contribution is -2.00. The SMILES string of the molecule is O=C(c1cc2c(s1)CCC2)c1ccc(F)c2ccccc12. The second-order valence-electron chi connectivity index (χ2n) is 5.38. The first-order chi connectivity index (χ1) is 10.2. The minimum absolute atomic E-state index is 0.00519. The van der Waals surface area contributed by atoms with Crippen molar-refractivity contribution in [3.63, 3.8) is 0 Å². The maximum absolute atomic E-state index is 13.9. The van der Waals surface area contributed by atoms with Crippen molar-refractivity contribution in [2.24, 2.45) is 0 Å². The Morgan fingerprint density at radius 3 is 2.67 bits per heavy atom. The van der Waals surface area contributed by atoms with Gasteiger partial charge in [0.25, 0.3) is 0 Å². The molecule has 0 bridgehead atoms. The van der Waals surface area contributed by atoms with Crippen LogP contribution in [-0.4, -0.2) is 5.78 Å². The predicted octanol–water partition coefficient (Wildman–Crippen LogP) is 4.76. The van der Waals surface area contributed by atoms with Crippen molar-refractivity contribution in [3.8, 4) is 0 Å². The quantitative estimate of drug-likeness (QED) is 0.623. The van der Waals surface area contributed by atoms with Gasteiger partial charge in [-0.25, -0.2) is 4.39 Å². The number of benzene rings is 2. The summed E-state index contributed by atoms with van der Waals surface area (Å²) in [6.45, 7) is 0. The van der Waals surface area contributed by atoms with Crippen LogP contribution < -0.4 is 0 Å². The smallest absolute Gasteiger partial charge is 0.203 e. The van der Waals surface area contributed by atoms with Gasteiger partial charge in [-0.3, -0.25) is 4.79 Å². The van der Waals surface area contributed by atoms with Crippen LogP contribution in [0.4, 0.5) is 4.39 Å². The lowest BCUT2D eigenvalue weighted by molar-refractivity contribution is 0.104. The Morgan fingerprint density at radius 2 is 1.86 bits per heavy atom. The summed E-state index contributed by atoms with van der Waals surface area (Å²) < 4.78 is 13.9. The standard InChI is InChI=1S/C18H13FOS/c19-15-9-8-14(12-5-1-2-6-13(12)15)18(20)17-10-11-4-3-7-16(11)21-17/h1-2,5-6,8-10H,3-4,7H2. The number of hydrogen-bond donors (Lipinski definition) is 0. The Labute approximate surface area is 126 Å². The number of carbonyl (C=O) groups is 1. The van der Waals surface area contributed by atoms with Crippen LogP contribution in [-0.2, 0) is 12.8 Å². The molecule has 104 valence electrons. The summed E-state index contributed by atoms with van der Waals surface area (Å²) in [5.74, 6) is -0.276. The molecule has 0 saturated heterocycles. The first kappa shape index (κ1) is 12.7. The molecular weight excluding hydrogens is 283 g/mol. The number of ketones is 1. The van der Waals surface area contributed by atoms with Gasteiger partial charge in [-0.2, -0.15) is 0 Å². The predicted molar refractivity (Wildman–Crippen MR) is 83.7 cm³/mol. The van der Waals surface area contributed by atoms with Crippen molar-refractivity contribution in [2.75, 3.05) is 0 Å². The highest BCUT2D eigenvalue weighted by atomic mass is 32.1. The first-order valence-corrected chi connectivity index (χ1v) is 7.89. The molecule has 0 aliphatic heterocycles. The molecule has 0 amide bonds. The van der Waals surface area contributed by atoms with Crippen molar-refractivity contribution in [2.45, 2.75) is 19.3 Å². The molecule has 1 aliphatic carbocycles. The van der Waals surface area contributed by atoms with Gasteiger partial charge in [-0.05, 0) is 48.4 Å². The van der Waals surface area contributed by atoms with Gasteiger partial charge in [0, 0.05) is 15.8 Å². The van der Waals surface area contributed by atoms with E-state index in [9.17, 15) is 9.18 Å². The fourth-order valence-corrected chi connectivity index (χ4v) is 4.24. The molecule has 4 rings (SSSR count). The first-order valence-electron chi connectivity index (χ1n) is 7.07. The fraction of sp³-hybridized carbons (Fsp3) is 0.167. The number of rotatable bonds is 2. The lowest BCUT2D eigenvalue weighted by atomic mass is 10.00. The van der Waals surface area contributed by atoms with E-state index >= 15 is 0 Å². The van der Waals surface area contributed by atoms with Crippen molar-refractivity contribution < 1.29 is 9.18 Å². The molecule has 0 spiro atoms. The largest absolute Gasteiger partial charge is 0.288 e. The maximum atomic E-state index is 13.9. The average Bonchev–Trinajstić information content (AvgIpc) is 3.08. The molecule has 3 heteroatoms. The van der Waals surface area contributed by atoms with Gasteiger partial charge in [0.15, 0.2) is 0 Å². The van der Waals surface area contributed by atoms with E-state index in [-0.39, 0.29) is 11.6 Å². The average molecular weight is 296 g/mol. The van der Waals surface area contributed by atoms with Crippen LogP contribution in [0.3, 0.4) is 0 Å². The van der Waals surface area contributed by atoms with Crippen LogP contribution in [0, 0.1) is 5.82 Å². The minimum Gasteiger partial charge on any atom is -0.288 e. The molecule has 1 aromatic heterocycles. The molecule has 21 heavy (non-hydrogen) atoms. The van der Waals surface area contributed by atoms with Crippen LogP contribution in [0.5, 0.6) is 0 Å². The molecule has 1 aliphatic rings. The molecular formula is C18H13FOS. The van der Waals surface area contributed by atoms with Gasteiger partial charge >= 0.3 is 0 Å². The molecule has 0 unspecified atom stereocenters. The van der Waals surface area contributed by atoms with Crippen molar-refractivity contribution in [1.29, 1.82) is 0 Å². The lowest BCUT2D eigenvalue weighted by Gasteiger charge is -2.05.